The van der Waals surface area contributed by atoms with Crippen molar-refractivity contribution >= 4 is 23.0 Å². The van der Waals surface area contributed by atoms with Gasteiger partial charge in [-0.15, -0.1) is 0 Å². The van der Waals surface area contributed by atoms with E-state index in [0.717, 1.165) is 38.4 Å². The average Bonchev–Trinajstić information content (AvgIpc) is 2.40. The molecule has 0 saturated carbocycles. The molecule has 1 aromatic carbocycles. The van der Waals surface area contributed by atoms with E-state index < -0.39 is 0 Å². The summed E-state index contributed by atoms with van der Waals surface area (Å²) in [4.78, 5) is 0. The van der Waals surface area contributed by atoms with Crippen LogP contribution in [0.25, 0.3) is 0 Å². The van der Waals surface area contributed by atoms with E-state index >= 15 is 0 Å². The fraction of sp³-hybridized carbons (Fsp3) is 0.462. The Balaban J connectivity index is 1.82. The minimum absolute atomic E-state index is 0.626. The number of hydrogen-bond acceptors (Lipinski definition) is 3. The van der Waals surface area contributed by atoms with Crippen molar-refractivity contribution in [2.45, 2.75) is 13.3 Å². The maximum atomic E-state index is 5.28. The van der Waals surface area contributed by atoms with Crippen molar-refractivity contribution in [2.75, 3.05) is 31.6 Å². The number of thiocarbonyl (C=S) groups is 1. The number of nitrogens with zero attached hydrogens (tertiary/aromatic N) is 1. The molecule has 0 atom stereocenters. The molecule has 0 unspecified atom stereocenters. The Bertz CT molecular complexity index is 388. The largest absolute Gasteiger partial charge is 0.379 e. The van der Waals surface area contributed by atoms with Crippen LogP contribution in [0, 0.1) is 0 Å². The molecule has 1 aliphatic rings. The van der Waals surface area contributed by atoms with Crippen molar-refractivity contribution in [3.05, 3.63) is 29.8 Å². The van der Waals surface area contributed by atoms with Gasteiger partial charge < -0.3 is 10.1 Å². The summed E-state index contributed by atoms with van der Waals surface area (Å²) in [6.07, 6.45) is 1.05. The molecule has 1 heterocycles. The van der Waals surface area contributed by atoms with Gasteiger partial charge in [-0.3, -0.25) is 5.43 Å². The van der Waals surface area contributed by atoms with E-state index in [9.17, 15) is 0 Å². The van der Waals surface area contributed by atoms with Crippen LogP contribution in [0.4, 0.5) is 5.69 Å². The van der Waals surface area contributed by atoms with Gasteiger partial charge in [0.2, 0.25) is 0 Å². The van der Waals surface area contributed by atoms with Crippen molar-refractivity contribution in [2.24, 2.45) is 0 Å². The first-order valence-electron chi connectivity index (χ1n) is 6.27. The number of ether oxygens (including phenoxy) is 1. The maximum absolute atomic E-state index is 5.28. The lowest BCUT2D eigenvalue weighted by Crippen LogP contribution is -2.49. The van der Waals surface area contributed by atoms with Crippen LogP contribution >= 0.6 is 12.2 Å². The molecule has 1 aliphatic heterocycles. The van der Waals surface area contributed by atoms with E-state index in [2.05, 4.69) is 34.8 Å². The highest BCUT2D eigenvalue weighted by Gasteiger charge is 2.10. The zero-order valence-corrected chi connectivity index (χ0v) is 11.4. The summed E-state index contributed by atoms with van der Waals surface area (Å²) >= 11 is 5.27. The summed E-state index contributed by atoms with van der Waals surface area (Å²) in [5.41, 5.74) is 5.51. The minimum atomic E-state index is 0.626. The SMILES string of the molecule is CCc1ccc(NC(=S)NN2CCOCC2)cc1. The highest BCUT2D eigenvalue weighted by Crippen LogP contribution is 2.09. The molecular weight excluding hydrogens is 246 g/mol. The Hall–Kier alpha value is -1.17. The van der Waals surface area contributed by atoms with Crippen LogP contribution in [-0.4, -0.2) is 36.4 Å². The van der Waals surface area contributed by atoms with Crippen LogP contribution in [0.2, 0.25) is 0 Å². The lowest BCUT2D eigenvalue weighted by atomic mass is 10.1. The topological polar surface area (TPSA) is 36.5 Å². The van der Waals surface area contributed by atoms with E-state index in [1.54, 1.807) is 0 Å². The first kappa shape index (κ1) is 13.3. The standard InChI is InChI=1S/C13H19N3OS/c1-2-11-3-5-12(6-4-11)14-13(18)15-16-7-9-17-10-8-16/h3-6H,2,7-10H2,1H3,(H2,14,15,18). The summed E-state index contributed by atoms with van der Waals surface area (Å²) in [7, 11) is 0. The molecule has 18 heavy (non-hydrogen) atoms. The maximum Gasteiger partial charge on any atom is 0.185 e. The van der Waals surface area contributed by atoms with E-state index in [4.69, 9.17) is 17.0 Å². The molecular formula is C13H19N3OS. The van der Waals surface area contributed by atoms with E-state index in [1.165, 1.54) is 5.56 Å². The van der Waals surface area contributed by atoms with Gasteiger partial charge in [-0.05, 0) is 36.3 Å². The molecule has 0 spiro atoms. The minimum Gasteiger partial charge on any atom is -0.379 e. The van der Waals surface area contributed by atoms with E-state index in [0.29, 0.717) is 5.11 Å². The van der Waals surface area contributed by atoms with Crippen LogP contribution < -0.4 is 10.7 Å². The quantitative estimate of drug-likeness (QED) is 0.815. The molecule has 0 radical (unpaired) electrons. The van der Waals surface area contributed by atoms with Gasteiger partial charge in [-0.1, -0.05) is 19.1 Å². The molecule has 1 saturated heterocycles. The second-order valence-electron chi connectivity index (χ2n) is 4.22. The zero-order chi connectivity index (χ0) is 12.8. The van der Waals surface area contributed by atoms with Gasteiger partial charge in [0, 0.05) is 18.8 Å². The van der Waals surface area contributed by atoms with Gasteiger partial charge in [0.1, 0.15) is 0 Å². The second-order valence-corrected chi connectivity index (χ2v) is 4.62. The third-order valence-corrected chi connectivity index (χ3v) is 3.08. The van der Waals surface area contributed by atoms with Crippen molar-refractivity contribution in [1.29, 1.82) is 0 Å². The predicted molar refractivity (Wildman–Crippen MR) is 77.6 cm³/mol. The summed E-state index contributed by atoms with van der Waals surface area (Å²) in [5, 5.41) is 5.87. The summed E-state index contributed by atoms with van der Waals surface area (Å²) < 4.78 is 5.28. The average molecular weight is 265 g/mol. The Morgan fingerprint density at radius 3 is 2.56 bits per heavy atom. The Morgan fingerprint density at radius 1 is 1.28 bits per heavy atom. The first-order chi connectivity index (χ1) is 8.78. The molecule has 2 N–H and O–H groups in total. The smallest absolute Gasteiger partial charge is 0.185 e. The Labute approximate surface area is 113 Å². The fourth-order valence-corrected chi connectivity index (χ4v) is 2.05. The Morgan fingerprint density at radius 2 is 1.94 bits per heavy atom. The number of rotatable bonds is 3. The summed E-state index contributed by atoms with van der Waals surface area (Å²) in [6, 6.07) is 8.32. The molecule has 0 aliphatic carbocycles. The van der Waals surface area contributed by atoms with Gasteiger partial charge >= 0.3 is 0 Å². The predicted octanol–water partition coefficient (Wildman–Crippen LogP) is 1.78. The van der Waals surface area contributed by atoms with Crippen molar-refractivity contribution < 1.29 is 4.74 Å². The number of nitrogens with one attached hydrogen (secondary N) is 2. The van der Waals surface area contributed by atoms with Gasteiger partial charge in [0.25, 0.3) is 0 Å². The highest BCUT2D eigenvalue weighted by atomic mass is 32.1. The fourth-order valence-electron chi connectivity index (χ4n) is 1.80. The summed E-state index contributed by atoms with van der Waals surface area (Å²) in [6.45, 7) is 5.36. The lowest BCUT2D eigenvalue weighted by Gasteiger charge is -2.28. The molecule has 0 amide bonds. The van der Waals surface area contributed by atoms with Crippen molar-refractivity contribution in [3.8, 4) is 0 Å². The molecule has 98 valence electrons. The van der Waals surface area contributed by atoms with E-state index in [-0.39, 0.29) is 0 Å². The number of aryl methyl sites for hydroxylation is 1. The normalized spacial score (nSPS) is 16.3. The van der Waals surface area contributed by atoms with Gasteiger partial charge in [0.15, 0.2) is 5.11 Å². The summed E-state index contributed by atoms with van der Waals surface area (Å²) in [5.74, 6) is 0. The molecule has 2 rings (SSSR count). The van der Waals surface area contributed by atoms with Crippen LogP contribution in [0.3, 0.4) is 0 Å². The molecule has 4 nitrogen and oxygen atoms in total. The number of anilines is 1. The van der Waals surface area contributed by atoms with Crippen molar-refractivity contribution in [3.63, 3.8) is 0 Å². The molecule has 0 bridgehead atoms. The van der Waals surface area contributed by atoms with Crippen LogP contribution in [-0.2, 0) is 11.2 Å². The zero-order valence-electron chi connectivity index (χ0n) is 10.6. The highest BCUT2D eigenvalue weighted by molar-refractivity contribution is 7.80. The number of hydrazine groups is 1. The van der Waals surface area contributed by atoms with Gasteiger partial charge in [-0.25, -0.2) is 5.01 Å². The third-order valence-electron chi connectivity index (χ3n) is 2.89. The molecule has 1 fully saturated rings. The number of hydrogen-bond donors (Lipinski definition) is 2. The van der Waals surface area contributed by atoms with Gasteiger partial charge in [0.05, 0.1) is 13.2 Å². The lowest BCUT2D eigenvalue weighted by molar-refractivity contribution is 0.0252. The third kappa shape index (κ3) is 3.94. The molecule has 0 aromatic heterocycles. The monoisotopic (exact) mass is 265 g/mol. The van der Waals surface area contributed by atoms with E-state index in [1.807, 2.05) is 12.1 Å². The van der Waals surface area contributed by atoms with Crippen LogP contribution in [0.1, 0.15) is 12.5 Å². The van der Waals surface area contributed by atoms with Crippen molar-refractivity contribution in [1.82, 2.24) is 10.4 Å². The second kappa shape index (κ2) is 6.68. The Kier molecular flexibility index (Phi) is 4.92. The molecule has 5 heteroatoms. The number of benzene rings is 1. The first-order valence-corrected chi connectivity index (χ1v) is 6.68. The van der Waals surface area contributed by atoms with Crippen LogP contribution in [0.15, 0.2) is 24.3 Å². The number of morpholine rings is 1. The molecule has 1 aromatic rings. The van der Waals surface area contributed by atoms with Gasteiger partial charge in [-0.2, -0.15) is 0 Å². The van der Waals surface area contributed by atoms with Crippen LogP contribution in [0.5, 0.6) is 0 Å².